The molecule has 0 heterocycles. The molecule has 5 nitrogen and oxygen atoms in total. The Hall–Kier alpha value is -2.95. The van der Waals surface area contributed by atoms with Crippen molar-refractivity contribution in [1.29, 1.82) is 0 Å². The Balaban J connectivity index is 1.92. The lowest BCUT2D eigenvalue weighted by Crippen LogP contribution is -2.07. The summed E-state index contributed by atoms with van der Waals surface area (Å²) < 4.78 is 16.1. The molecule has 0 atom stereocenters. The molecule has 0 fully saturated rings. The van der Waals surface area contributed by atoms with Crippen molar-refractivity contribution in [2.75, 3.05) is 26.1 Å². The number of hydrogen-bond acceptors (Lipinski definition) is 4. The topological polar surface area (TPSA) is 56.8 Å². The molecule has 1 N–H and O–H groups in total. The van der Waals surface area contributed by atoms with Gasteiger partial charge in [0, 0.05) is 11.8 Å². The number of unbranched alkanes of at least 4 members (excludes halogenated alkanes) is 1. The summed E-state index contributed by atoms with van der Waals surface area (Å²) >= 11 is 0. The molecule has 0 saturated heterocycles. The maximum Gasteiger partial charge on any atom is 0.248 e. The van der Waals surface area contributed by atoms with Crippen LogP contribution in [-0.4, -0.2) is 26.7 Å². The SMILES string of the molecule is CCCCOc1ccc(NC(=O)/C=C/c2ccc(OC)c(OC)c2)cc1. The zero-order chi connectivity index (χ0) is 18.8. The van der Waals surface area contributed by atoms with Crippen molar-refractivity contribution >= 4 is 17.7 Å². The number of anilines is 1. The smallest absolute Gasteiger partial charge is 0.248 e. The monoisotopic (exact) mass is 355 g/mol. The minimum absolute atomic E-state index is 0.209. The average Bonchev–Trinajstić information content (AvgIpc) is 2.67. The third-order valence-electron chi connectivity index (χ3n) is 3.72. The van der Waals surface area contributed by atoms with Gasteiger partial charge in [0.15, 0.2) is 11.5 Å². The van der Waals surface area contributed by atoms with Gasteiger partial charge in [-0.15, -0.1) is 0 Å². The van der Waals surface area contributed by atoms with Crippen LogP contribution < -0.4 is 19.5 Å². The highest BCUT2D eigenvalue weighted by Crippen LogP contribution is 2.28. The molecule has 0 radical (unpaired) electrons. The van der Waals surface area contributed by atoms with Crippen LogP contribution in [0.4, 0.5) is 5.69 Å². The second-order valence-electron chi connectivity index (χ2n) is 5.66. The molecule has 0 aliphatic heterocycles. The Labute approximate surface area is 154 Å². The van der Waals surface area contributed by atoms with E-state index in [1.807, 2.05) is 36.4 Å². The van der Waals surface area contributed by atoms with Crippen LogP contribution in [0.1, 0.15) is 25.3 Å². The van der Waals surface area contributed by atoms with E-state index in [2.05, 4.69) is 12.2 Å². The number of carbonyl (C=O) groups excluding carboxylic acids is 1. The number of carbonyl (C=O) groups is 1. The van der Waals surface area contributed by atoms with Gasteiger partial charge in [-0.25, -0.2) is 0 Å². The van der Waals surface area contributed by atoms with Crippen LogP contribution in [0.5, 0.6) is 17.2 Å². The molecule has 2 rings (SSSR count). The summed E-state index contributed by atoms with van der Waals surface area (Å²) in [5.41, 5.74) is 1.56. The number of ether oxygens (including phenoxy) is 3. The molecule has 1 amide bonds. The molecule has 2 aromatic carbocycles. The molecule has 0 aliphatic rings. The summed E-state index contributed by atoms with van der Waals surface area (Å²) in [5, 5.41) is 2.82. The second kappa shape index (κ2) is 10.1. The van der Waals surface area contributed by atoms with Gasteiger partial charge in [-0.2, -0.15) is 0 Å². The summed E-state index contributed by atoms with van der Waals surface area (Å²) in [6, 6.07) is 12.8. The highest BCUT2D eigenvalue weighted by atomic mass is 16.5. The van der Waals surface area contributed by atoms with E-state index in [1.165, 1.54) is 6.08 Å². The van der Waals surface area contributed by atoms with Crippen LogP contribution in [0, 0.1) is 0 Å². The van der Waals surface area contributed by atoms with Crippen molar-refractivity contribution in [2.24, 2.45) is 0 Å². The normalized spacial score (nSPS) is 10.6. The van der Waals surface area contributed by atoms with Crippen LogP contribution in [0.15, 0.2) is 48.5 Å². The van der Waals surface area contributed by atoms with Crippen LogP contribution in [0.25, 0.3) is 6.08 Å². The van der Waals surface area contributed by atoms with E-state index in [9.17, 15) is 4.79 Å². The predicted octanol–water partition coefficient (Wildman–Crippen LogP) is 4.53. The van der Waals surface area contributed by atoms with Crippen LogP contribution in [0.3, 0.4) is 0 Å². The van der Waals surface area contributed by atoms with Gasteiger partial charge < -0.3 is 19.5 Å². The minimum atomic E-state index is -0.209. The standard InChI is InChI=1S/C21H25NO4/c1-4-5-14-26-18-10-8-17(9-11-18)22-21(23)13-7-16-6-12-19(24-2)20(15-16)25-3/h6-13,15H,4-5,14H2,1-3H3,(H,22,23)/b13-7+. The molecule has 0 spiro atoms. The first-order chi connectivity index (χ1) is 12.7. The molecule has 0 unspecified atom stereocenters. The maximum absolute atomic E-state index is 12.1. The van der Waals surface area contributed by atoms with Crippen molar-refractivity contribution in [3.05, 3.63) is 54.1 Å². The average molecular weight is 355 g/mol. The Bertz CT molecular complexity index is 738. The van der Waals surface area contributed by atoms with E-state index >= 15 is 0 Å². The highest BCUT2D eigenvalue weighted by molar-refractivity contribution is 6.01. The maximum atomic E-state index is 12.1. The largest absolute Gasteiger partial charge is 0.494 e. The summed E-state index contributed by atoms with van der Waals surface area (Å²) in [6.07, 6.45) is 5.33. The van der Waals surface area contributed by atoms with Crippen molar-refractivity contribution in [3.63, 3.8) is 0 Å². The van der Waals surface area contributed by atoms with Gasteiger partial charge in [0.1, 0.15) is 5.75 Å². The molecular weight excluding hydrogens is 330 g/mol. The zero-order valence-electron chi connectivity index (χ0n) is 15.5. The Morgan fingerprint density at radius 3 is 2.42 bits per heavy atom. The van der Waals surface area contributed by atoms with Crippen molar-refractivity contribution in [3.8, 4) is 17.2 Å². The van der Waals surface area contributed by atoms with Crippen LogP contribution in [-0.2, 0) is 4.79 Å². The van der Waals surface area contributed by atoms with Gasteiger partial charge in [0.05, 0.1) is 20.8 Å². The number of amides is 1. The summed E-state index contributed by atoms with van der Waals surface area (Å²) in [5.74, 6) is 1.86. The molecule has 0 aromatic heterocycles. The highest BCUT2D eigenvalue weighted by Gasteiger charge is 2.04. The van der Waals surface area contributed by atoms with Gasteiger partial charge in [-0.05, 0) is 54.5 Å². The first kappa shape index (κ1) is 19.4. The number of methoxy groups -OCH3 is 2. The number of benzene rings is 2. The fourth-order valence-electron chi connectivity index (χ4n) is 2.28. The van der Waals surface area contributed by atoms with E-state index in [0.717, 1.165) is 29.8 Å². The van der Waals surface area contributed by atoms with E-state index in [0.29, 0.717) is 18.1 Å². The molecule has 26 heavy (non-hydrogen) atoms. The summed E-state index contributed by atoms with van der Waals surface area (Å²) in [7, 11) is 3.16. The molecule has 0 bridgehead atoms. The van der Waals surface area contributed by atoms with Gasteiger partial charge in [0.2, 0.25) is 5.91 Å². The lowest BCUT2D eigenvalue weighted by molar-refractivity contribution is -0.111. The summed E-state index contributed by atoms with van der Waals surface area (Å²) in [6.45, 7) is 2.83. The fourth-order valence-corrected chi connectivity index (χ4v) is 2.28. The Morgan fingerprint density at radius 2 is 1.77 bits per heavy atom. The van der Waals surface area contributed by atoms with Gasteiger partial charge in [-0.3, -0.25) is 4.79 Å². The quantitative estimate of drug-likeness (QED) is 0.530. The second-order valence-corrected chi connectivity index (χ2v) is 5.66. The van der Waals surface area contributed by atoms with Gasteiger partial charge in [0.25, 0.3) is 0 Å². The Kier molecular flexibility index (Phi) is 7.55. The lowest BCUT2D eigenvalue weighted by Gasteiger charge is -2.08. The molecule has 138 valence electrons. The fraction of sp³-hybridized carbons (Fsp3) is 0.286. The van der Waals surface area contributed by atoms with Gasteiger partial charge in [-0.1, -0.05) is 19.4 Å². The molecule has 5 heteroatoms. The predicted molar refractivity (Wildman–Crippen MR) is 104 cm³/mol. The number of nitrogens with one attached hydrogen (secondary N) is 1. The molecular formula is C21H25NO4. The molecule has 0 aliphatic carbocycles. The lowest BCUT2D eigenvalue weighted by atomic mass is 10.2. The van der Waals surface area contributed by atoms with E-state index in [-0.39, 0.29) is 5.91 Å². The molecule has 2 aromatic rings. The van der Waals surface area contributed by atoms with E-state index < -0.39 is 0 Å². The first-order valence-corrected chi connectivity index (χ1v) is 8.60. The summed E-state index contributed by atoms with van der Waals surface area (Å²) in [4.78, 5) is 12.1. The first-order valence-electron chi connectivity index (χ1n) is 8.60. The van der Waals surface area contributed by atoms with Gasteiger partial charge >= 0.3 is 0 Å². The Morgan fingerprint density at radius 1 is 1.04 bits per heavy atom. The van der Waals surface area contributed by atoms with Crippen molar-refractivity contribution in [1.82, 2.24) is 0 Å². The number of rotatable bonds is 9. The minimum Gasteiger partial charge on any atom is -0.494 e. The third kappa shape index (κ3) is 5.84. The van der Waals surface area contributed by atoms with Crippen molar-refractivity contribution in [2.45, 2.75) is 19.8 Å². The van der Waals surface area contributed by atoms with Crippen LogP contribution in [0.2, 0.25) is 0 Å². The van der Waals surface area contributed by atoms with E-state index in [1.54, 1.807) is 26.4 Å². The van der Waals surface area contributed by atoms with Crippen LogP contribution >= 0.6 is 0 Å². The van der Waals surface area contributed by atoms with Crippen molar-refractivity contribution < 1.29 is 19.0 Å². The molecule has 0 saturated carbocycles. The zero-order valence-corrected chi connectivity index (χ0v) is 15.5. The number of hydrogen-bond donors (Lipinski definition) is 1. The third-order valence-corrected chi connectivity index (χ3v) is 3.72. The van der Waals surface area contributed by atoms with E-state index in [4.69, 9.17) is 14.2 Å².